The average molecular weight is 330 g/mol. The van der Waals surface area contributed by atoms with Gasteiger partial charge in [-0.2, -0.15) is 0 Å². The van der Waals surface area contributed by atoms with Gasteiger partial charge in [-0.15, -0.1) is 0 Å². The third kappa shape index (κ3) is 6.17. The average Bonchev–Trinajstić information content (AvgIpc) is 2.29. The summed E-state index contributed by atoms with van der Waals surface area (Å²) in [5, 5.41) is 11.9. The zero-order chi connectivity index (χ0) is 16.0. The number of hydrogen-bond acceptors (Lipinski definition) is 5. The van der Waals surface area contributed by atoms with E-state index in [0.717, 1.165) is 0 Å². The molecule has 118 valence electrons. The molecule has 0 aliphatic rings. The molecule has 20 heavy (non-hydrogen) atoms. The Labute approximate surface area is 117 Å². The van der Waals surface area contributed by atoms with Crippen LogP contribution in [-0.4, -0.2) is 56.1 Å². The van der Waals surface area contributed by atoms with Gasteiger partial charge in [-0.25, -0.2) is 0 Å². The van der Waals surface area contributed by atoms with Crippen molar-refractivity contribution in [3.8, 4) is 0 Å². The molecule has 0 radical (unpaired) electrons. The first-order valence-corrected chi connectivity index (χ1v) is 8.95. The molecule has 2 unspecified atom stereocenters. The summed E-state index contributed by atoms with van der Waals surface area (Å²) in [4.78, 5) is 49.1. The third-order valence-corrected chi connectivity index (χ3v) is 6.48. The van der Waals surface area contributed by atoms with E-state index < -0.39 is 32.8 Å². The van der Waals surface area contributed by atoms with Crippen LogP contribution < -0.4 is 10.6 Å². The van der Waals surface area contributed by atoms with Gasteiger partial charge < -0.3 is 30.4 Å². The van der Waals surface area contributed by atoms with Gasteiger partial charge >= 0.3 is 7.60 Å². The molecule has 11 heteroatoms. The van der Waals surface area contributed by atoms with Crippen LogP contribution in [0, 0.1) is 0 Å². The predicted molar refractivity (Wildman–Crippen MR) is 75.6 cm³/mol. The van der Waals surface area contributed by atoms with Crippen LogP contribution in [0.1, 0.15) is 19.8 Å². The van der Waals surface area contributed by atoms with Crippen molar-refractivity contribution < 1.29 is 33.9 Å². The van der Waals surface area contributed by atoms with Crippen molar-refractivity contribution in [3.63, 3.8) is 0 Å². The van der Waals surface area contributed by atoms with Crippen LogP contribution in [-0.2, 0) is 14.2 Å². The minimum absolute atomic E-state index is 0.0376. The number of aliphatic hydroxyl groups is 1. The van der Waals surface area contributed by atoms with Gasteiger partial charge in [0, 0.05) is 21.2 Å². The molecule has 0 aromatic rings. The first-order valence-electron chi connectivity index (χ1n) is 5.68. The van der Waals surface area contributed by atoms with E-state index in [2.05, 4.69) is 16.9 Å². The predicted octanol–water partition coefficient (Wildman–Crippen LogP) is -1.60. The topological polar surface area (TPSA) is 156 Å². The number of hydrogen-bond donors (Lipinski definition) is 6. The van der Waals surface area contributed by atoms with Crippen molar-refractivity contribution in [2.75, 3.05) is 13.1 Å². The Morgan fingerprint density at radius 2 is 1.90 bits per heavy atom. The Kier molecular flexibility index (Phi) is 7.65. The molecule has 0 aromatic heterocycles. The maximum Gasteiger partial charge on any atom is 0.363 e. The molecule has 0 aliphatic carbocycles. The minimum atomic E-state index is -4.91. The van der Waals surface area contributed by atoms with Crippen molar-refractivity contribution in [1.29, 1.82) is 0 Å². The highest BCUT2D eigenvalue weighted by atomic mass is 31.2. The minimum Gasteiger partial charge on any atom is -0.376 e. The van der Waals surface area contributed by atoms with Gasteiger partial charge in [0.1, 0.15) is 0 Å². The second kappa shape index (κ2) is 7.93. The van der Waals surface area contributed by atoms with Gasteiger partial charge in [-0.05, 0) is 12.8 Å². The van der Waals surface area contributed by atoms with E-state index in [4.69, 9.17) is 9.79 Å². The first kappa shape index (κ1) is 19.3. The normalized spacial score (nSPS) is 16.1. The van der Waals surface area contributed by atoms with Crippen molar-refractivity contribution >= 4 is 33.5 Å². The maximum atomic E-state index is 11.2. The van der Waals surface area contributed by atoms with Gasteiger partial charge in [0.25, 0.3) is 0 Å². The summed E-state index contributed by atoms with van der Waals surface area (Å²) in [7, 11) is -7.79. The molecule has 9 nitrogen and oxygen atoms in total. The van der Waals surface area contributed by atoms with E-state index in [1.165, 1.54) is 6.92 Å². The number of carbonyl (C=O) groups excluding carboxylic acids is 2. The van der Waals surface area contributed by atoms with Crippen molar-refractivity contribution in [3.05, 3.63) is 0 Å². The lowest BCUT2D eigenvalue weighted by molar-refractivity contribution is -0.125. The third-order valence-electron chi connectivity index (χ3n) is 2.47. The SMILES string of the molecule is C=[PH](O)C(O)(CCCNC(=O)CNC(C)=O)P(=O)(O)O. The monoisotopic (exact) mass is 330 g/mol. The summed E-state index contributed by atoms with van der Waals surface area (Å²) in [6, 6.07) is 0. The molecule has 2 amide bonds. The van der Waals surface area contributed by atoms with E-state index in [9.17, 15) is 24.2 Å². The van der Waals surface area contributed by atoms with Gasteiger partial charge in [0.2, 0.25) is 16.9 Å². The molecule has 6 N–H and O–H groups in total. The van der Waals surface area contributed by atoms with E-state index in [1.54, 1.807) is 0 Å². The Hall–Kier alpha value is -0.690. The number of rotatable bonds is 8. The lowest BCUT2D eigenvalue weighted by Crippen LogP contribution is -2.36. The highest BCUT2D eigenvalue weighted by Gasteiger charge is 2.46. The highest BCUT2D eigenvalue weighted by molar-refractivity contribution is 7.70. The maximum absolute atomic E-state index is 11.2. The second-order valence-electron chi connectivity index (χ2n) is 4.17. The van der Waals surface area contributed by atoms with Crippen LogP contribution in [0.5, 0.6) is 0 Å². The Morgan fingerprint density at radius 3 is 2.30 bits per heavy atom. The van der Waals surface area contributed by atoms with Crippen LogP contribution in [0.2, 0.25) is 0 Å². The lowest BCUT2D eigenvalue weighted by Gasteiger charge is -2.28. The largest absolute Gasteiger partial charge is 0.376 e. The zero-order valence-corrected chi connectivity index (χ0v) is 12.9. The summed E-state index contributed by atoms with van der Waals surface area (Å²) in [6.07, 6.45) is 2.76. The highest BCUT2D eigenvalue weighted by Crippen LogP contribution is 2.61. The Morgan fingerprint density at radius 1 is 1.35 bits per heavy atom. The molecule has 0 heterocycles. The zero-order valence-electron chi connectivity index (χ0n) is 11.0. The first-order chi connectivity index (χ1) is 9.00. The molecule has 0 aliphatic heterocycles. The molecule has 0 spiro atoms. The molecule has 0 bridgehead atoms. The van der Waals surface area contributed by atoms with Crippen molar-refractivity contribution in [2.24, 2.45) is 0 Å². The molecule has 2 atom stereocenters. The molecular formula is C9H20N2O7P2. The lowest BCUT2D eigenvalue weighted by atomic mass is 10.3. The summed E-state index contributed by atoms with van der Waals surface area (Å²) < 4.78 is 11.1. The fourth-order valence-electron chi connectivity index (χ4n) is 1.29. The molecule has 0 saturated heterocycles. The molecule has 0 aromatic carbocycles. The van der Waals surface area contributed by atoms with Gasteiger partial charge in [0.15, 0.2) is 0 Å². The van der Waals surface area contributed by atoms with Crippen LogP contribution in [0.3, 0.4) is 0 Å². The summed E-state index contributed by atoms with van der Waals surface area (Å²) >= 11 is 0. The number of amides is 2. The fraction of sp³-hybridized carbons (Fsp3) is 0.667. The smallest absolute Gasteiger partial charge is 0.363 e. The van der Waals surface area contributed by atoms with Crippen LogP contribution in [0.25, 0.3) is 0 Å². The standard InChI is InChI=1S/C9H20N2O7P2/c1-7(12)11-6-8(13)10-5-3-4-9(14,19(2)15)20(16,17)18/h14-15,19H,2-6H2,1H3,(H,10,13)(H,11,12)(H2,16,17,18). The quantitative estimate of drug-likeness (QED) is 0.231. The second-order valence-corrected chi connectivity index (χ2v) is 8.14. The van der Waals surface area contributed by atoms with Crippen LogP contribution >= 0.6 is 15.4 Å². The van der Waals surface area contributed by atoms with E-state index in [1.807, 2.05) is 0 Å². The van der Waals surface area contributed by atoms with Crippen molar-refractivity contribution in [1.82, 2.24) is 10.6 Å². The van der Waals surface area contributed by atoms with Crippen LogP contribution in [0.15, 0.2) is 0 Å². The van der Waals surface area contributed by atoms with E-state index in [0.29, 0.717) is 0 Å². The number of nitrogens with one attached hydrogen (secondary N) is 2. The molecule has 0 fully saturated rings. The Balaban J connectivity index is 4.22. The Bertz CT molecular complexity index is 436. The van der Waals surface area contributed by atoms with Crippen LogP contribution in [0.4, 0.5) is 0 Å². The van der Waals surface area contributed by atoms with Gasteiger partial charge in [-0.3, -0.25) is 14.2 Å². The fourth-order valence-corrected chi connectivity index (χ4v) is 3.55. The molecule has 0 saturated carbocycles. The summed E-state index contributed by atoms with van der Waals surface area (Å²) in [5.74, 6) is -0.829. The van der Waals surface area contributed by atoms with E-state index in [-0.39, 0.29) is 25.4 Å². The van der Waals surface area contributed by atoms with Gasteiger partial charge in [-0.1, -0.05) is 6.30 Å². The summed E-state index contributed by atoms with van der Waals surface area (Å²) in [5.41, 5.74) is 0. The molecule has 0 rings (SSSR count). The molecular weight excluding hydrogens is 310 g/mol. The van der Waals surface area contributed by atoms with E-state index >= 15 is 0 Å². The summed E-state index contributed by atoms with van der Waals surface area (Å²) in [6.45, 7) is 1.09. The van der Waals surface area contributed by atoms with Crippen molar-refractivity contribution in [2.45, 2.75) is 24.8 Å². The van der Waals surface area contributed by atoms with Gasteiger partial charge in [0.05, 0.1) is 6.54 Å². The number of carbonyl (C=O) groups is 2.